The molecule has 2 aromatic rings. The first kappa shape index (κ1) is 21.8. The molecule has 4 rings (SSSR count). The van der Waals surface area contributed by atoms with Crippen molar-refractivity contribution >= 4 is 41.2 Å². The van der Waals surface area contributed by atoms with Crippen molar-refractivity contribution in [2.45, 2.75) is 32.0 Å². The van der Waals surface area contributed by atoms with Crippen LogP contribution in [0.3, 0.4) is 0 Å². The molecule has 5 N–H and O–H groups in total. The van der Waals surface area contributed by atoms with Crippen molar-refractivity contribution in [2.24, 2.45) is 0 Å². The highest BCUT2D eigenvalue weighted by molar-refractivity contribution is 6.05. The summed E-state index contributed by atoms with van der Waals surface area (Å²) in [5.41, 5.74) is 2.66. The van der Waals surface area contributed by atoms with Gasteiger partial charge >= 0.3 is 12.1 Å². The summed E-state index contributed by atoms with van der Waals surface area (Å²) in [6, 6.07) is 10.3. The molecule has 0 aliphatic carbocycles. The van der Waals surface area contributed by atoms with Gasteiger partial charge < -0.3 is 20.6 Å². The Morgan fingerprint density at radius 3 is 2.55 bits per heavy atom. The molecule has 2 heterocycles. The standard InChI is InChI=1S/C22H21N5O6/c28-18-7-6-17(19(29)26-18)27-11-13-5-4-12(8-16(13)20(27)30)10-23-21(31)24-14-2-1-3-15(9-14)25-22(32)33/h1-5,8-9,17,25H,6-7,10-11H2,(H,32,33)(H2,23,24,31)(H,26,28,29). The van der Waals surface area contributed by atoms with Gasteiger partial charge in [0.2, 0.25) is 11.8 Å². The second kappa shape index (κ2) is 8.99. The lowest BCUT2D eigenvalue weighted by molar-refractivity contribution is -0.136. The molecular weight excluding hydrogens is 430 g/mol. The predicted molar refractivity (Wildman–Crippen MR) is 116 cm³/mol. The summed E-state index contributed by atoms with van der Waals surface area (Å²) in [7, 11) is 0. The fourth-order valence-electron chi connectivity index (χ4n) is 3.87. The summed E-state index contributed by atoms with van der Waals surface area (Å²) in [4.78, 5) is 60.8. The van der Waals surface area contributed by atoms with Gasteiger partial charge in [-0.25, -0.2) is 9.59 Å². The SMILES string of the molecule is O=C(O)Nc1cccc(NC(=O)NCc2ccc3c(c2)C(=O)N(C2CCC(=O)NC2=O)C3)c1. The van der Waals surface area contributed by atoms with Crippen molar-refractivity contribution in [2.75, 3.05) is 10.6 Å². The monoisotopic (exact) mass is 451 g/mol. The molecule has 11 nitrogen and oxygen atoms in total. The third-order valence-corrected chi connectivity index (χ3v) is 5.42. The van der Waals surface area contributed by atoms with E-state index in [1.54, 1.807) is 36.4 Å². The van der Waals surface area contributed by atoms with Crippen molar-refractivity contribution in [1.82, 2.24) is 15.5 Å². The van der Waals surface area contributed by atoms with E-state index in [1.807, 2.05) is 0 Å². The number of nitrogens with zero attached hydrogens (tertiary/aromatic N) is 1. The molecule has 2 aromatic carbocycles. The molecule has 11 heteroatoms. The molecule has 1 fully saturated rings. The Morgan fingerprint density at radius 2 is 1.82 bits per heavy atom. The Labute approximate surface area is 188 Å². The normalized spacial score (nSPS) is 17.3. The van der Waals surface area contributed by atoms with Gasteiger partial charge in [0.15, 0.2) is 0 Å². The summed E-state index contributed by atoms with van der Waals surface area (Å²) in [5, 5.41) is 18.6. The Bertz CT molecular complexity index is 1160. The maximum absolute atomic E-state index is 12.9. The van der Waals surface area contributed by atoms with E-state index >= 15 is 0 Å². The van der Waals surface area contributed by atoms with Crippen molar-refractivity contribution < 1.29 is 29.1 Å². The van der Waals surface area contributed by atoms with E-state index in [9.17, 15) is 24.0 Å². The Balaban J connectivity index is 1.36. The van der Waals surface area contributed by atoms with E-state index in [-0.39, 0.29) is 31.3 Å². The number of carbonyl (C=O) groups excluding carboxylic acids is 4. The Hall–Kier alpha value is -4.41. The number of rotatable bonds is 5. The number of hydrogen-bond acceptors (Lipinski definition) is 5. The van der Waals surface area contributed by atoms with E-state index in [0.29, 0.717) is 28.9 Å². The van der Waals surface area contributed by atoms with E-state index in [2.05, 4.69) is 21.3 Å². The topological polar surface area (TPSA) is 157 Å². The zero-order valence-corrected chi connectivity index (χ0v) is 17.4. The second-order valence-corrected chi connectivity index (χ2v) is 7.71. The molecule has 1 unspecified atom stereocenters. The molecule has 0 saturated carbocycles. The number of anilines is 2. The number of benzene rings is 2. The smallest absolute Gasteiger partial charge is 0.409 e. The molecule has 2 aliphatic heterocycles. The van der Waals surface area contributed by atoms with Crippen molar-refractivity contribution in [3.63, 3.8) is 0 Å². The molecule has 170 valence electrons. The predicted octanol–water partition coefficient (Wildman–Crippen LogP) is 1.86. The molecule has 0 bridgehead atoms. The summed E-state index contributed by atoms with van der Waals surface area (Å²) >= 11 is 0. The number of imide groups is 1. The second-order valence-electron chi connectivity index (χ2n) is 7.71. The summed E-state index contributed by atoms with van der Waals surface area (Å²) < 4.78 is 0. The quantitative estimate of drug-likeness (QED) is 0.437. The molecule has 0 spiro atoms. The third kappa shape index (κ3) is 4.92. The molecule has 33 heavy (non-hydrogen) atoms. The lowest BCUT2D eigenvalue weighted by atomic mass is 10.0. The average molecular weight is 451 g/mol. The van der Waals surface area contributed by atoms with Crippen LogP contribution in [-0.4, -0.2) is 45.9 Å². The number of urea groups is 1. The van der Waals surface area contributed by atoms with Gasteiger partial charge in [-0.2, -0.15) is 0 Å². The van der Waals surface area contributed by atoms with Gasteiger partial charge in [0.25, 0.3) is 5.91 Å². The lowest BCUT2D eigenvalue weighted by Gasteiger charge is -2.29. The van der Waals surface area contributed by atoms with Crippen LogP contribution in [-0.2, 0) is 22.7 Å². The Morgan fingerprint density at radius 1 is 1.06 bits per heavy atom. The van der Waals surface area contributed by atoms with Crippen molar-refractivity contribution in [3.8, 4) is 0 Å². The van der Waals surface area contributed by atoms with Crippen LogP contribution in [0.4, 0.5) is 21.0 Å². The largest absolute Gasteiger partial charge is 0.465 e. The number of hydrogen-bond donors (Lipinski definition) is 5. The number of piperidine rings is 1. The highest BCUT2D eigenvalue weighted by atomic mass is 16.4. The molecule has 1 saturated heterocycles. The molecule has 0 radical (unpaired) electrons. The van der Waals surface area contributed by atoms with Crippen molar-refractivity contribution in [3.05, 3.63) is 59.2 Å². The highest BCUT2D eigenvalue weighted by Crippen LogP contribution is 2.28. The molecule has 0 aromatic heterocycles. The van der Waals surface area contributed by atoms with Gasteiger partial charge in [0, 0.05) is 36.4 Å². The van der Waals surface area contributed by atoms with E-state index in [1.165, 1.54) is 11.0 Å². The number of fused-ring (bicyclic) bond motifs is 1. The van der Waals surface area contributed by atoms with Gasteiger partial charge in [-0.1, -0.05) is 18.2 Å². The first-order valence-corrected chi connectivity index (χ1v) is 10.2. The van der Waals surface area contributed by atoms with Crippen LogP contribution in [0, 0.1) is 0 Å². The molecule has 6 amide bonds. The number of nitrogens with one attached hydrogen (secondary N) is 4. The van der Waals surface area contributed by atoms with Crippen LogP contribution in [0.1, 0.15) is 34.3 Å². The zero-order chi connectivity index (χ0) is 23.5. The molecule has 2 aliphatic rings. The lowest BCUT2D eigenvalue weighted by Crippen LogP contribution is -2.52. The summed E-state index contributed by atoms with van der Waals surface area (Å²) in [5.74, 6) is -1.08. The minimum atomic E-state index is -1.21. The number of carbonyl (C=O) groups is 5. The van der Waals surface area contributed by atoms with Crippen LogP contribution in [0.2, 0.25) is 0 Å². The molecule has 1 atom stereocenters. The number of carboxylic acid groups (broad SMARTS) is 1. The molecular formula is C22H21N5O6. The zero-order valence-electron chi connectivity index (χ0n) is 17.4. The van der Waals surface area contributed by atoms with E-state index < -0.39 is 24.1 Å². The van der Waals surface area contributed by atoms with E-state index in [0.717, 1.165) is 5.56 Å². The fourth-order valence-corrected chi connectivity index (χ4v) is 3.87. The minimum absolute atomic E-state index is 0.151. The van der Waals surface area contributed by atoms with Gasteiger partial charge in [-0.3, -0.25) is 25.0 Å². The highest BCUT2D eigenvalue weighted by Gasteiger charge is 2.39. The minimum Gasteiger partial charge on any atom is -0.465 e. The van der Waals surface area contributed by atoms with Crippen LogP contribution in [0.5, 0.6) is 0 Å². The summed E-state index contributed by atoms with van der Waals surface area (Å²) in [6.07, 6.45) is -0.725. The van der Waals surface area contributed by atoms with Crippen LogP contribution in [0.25, 0.3) is 0 Å². The third-order valence-electron chi connectivity index (χ3n) is 5.42. The fraction of sp³-hybridized carbons (Fsp3) is 0.227. The van der Waals surface area contributed by atoms with Crippen molar-refractivity contribution in [1.29, 1.82) is 0 Å². The van der Waals surface area contributed by atoms with Gasteiger partial charge in [0.1, 0.15) is 6.04 Å². The first-order valence-electron chi connectivity index (χ1n) is 10.2. The van der Waals surface area contributed by atoms with Gasteiger partial charge in [-0.15, -0.1) is 0 Å². The first-order chi connectivity index (χ1) is 15.8. The maximum atomic E-state index is 12.9. The summed E-state index contributed by atoms with van der Waals surface area (Å²) in [6.45, 7) is 0.438. The number of amides is 6. The van der Waals surface area contributed by atoms with E-state index in [4.69, 9.17) is 5.11 Å². The maximum Gasteiger partial charge on any atom is 0.409 e. The average Bonchev–Trinajstić information content (AvgIpc) is 3.08. The van der Waals surface area contributed by atoms with Gasteiger partial charge in [-0.05, 0) is 41.8 Å². The van der Waals surface area contributed by atoms with Crippen LogP contribution >= 0.6 is 0 Å². The van der Waals surface area contributed by atoms with Crippen LogP contribution in [0.15, 0.2) is 42.5 Å². The Kier molecular flexibility index (Phi) is 5.94. The van der Waals surface area contributed by atoms with Crippen LogP contribution < -0.4 is 21.3 Å². The van der Waals surface area contributed by atoms with Gasteiger partial charge in [0.05, 0.1) is 0 Å².